The highest BCUT2D eigenvalue weighted by molar-refractivity contribution is 7.86. The van der Waals surface area contributed by atoms with Crippen LogP contribution in [0.15, 0.2) is 23.1 Å². The van der Waals surface area contributed by atoms with Gasteiger partial charge in [0.15, 0.2) is 0 Å². The fraction of sp³-hybridized carbons (Fsp3) is 0.500. The van der Waals surface area contributed by atoms with Gasteiger partial charge in [0.1, 0.15) is 11.1 Å². The molecule has 0 spiro atoms. The Morgan fingerprint density at radius 3 is 2.75 bits per heavy atom. The van der Waals surface area contributed by atoms with E-state index in [2.05, 4.69) is 12.2 Å². The van der Waals surface area contributed by atoms with Crippen LogP contribution in [0.1, 0.15) is 33.1 Å². The summed E-state index contributed by atoms with van der Waals surface area (Å²) in [4.78, 5) is 11.9. The molecule has 3 N–H and O–H groups in total. The van der Waals surface area contributed by atoms with Crippen LogP contribution in [-0.2, 0) is 15.6 Å². The predicted octanol–water partition coefficient (Wildman–Crippen LogP) is 2.21. The zero-order valence-corrected chi connectivity index (χ0v) is 12.6. The first-order valence-electron chi connectivity index (χ1n) is 6.70. The summed E-state index contributed by atoms with van der Waals surface area (Å²) in [5.74, 6) is -0.968. The molecule has 0 aliphatic carbocycles. The van der Waals surface area contributed by atoms with Crippen molar-refractivity contribution in [1.82, 2.24) is 5.32 Å². The van der Waals surface area contributed by atoms with E-state index in [1.807, 2.05) is 0 Å². The highest BCUT2D eigenvalue weighted by Gasteiger charge is 2.23. The standard InChI is InChI=1S/C14H21FN2O2S/c1-3-4-5-8-17-14(18)10(2)20(19)13-7-6-11(16)9-12(13)15/h6-7,9-10H,3-5,8,16H2,1-2H3,(H,17,18). The third-order valence-electron chi connectivity index (χ3n) is 2.94. The molecule has 1 amide bonds. The molecule has 112 valence electrons. The van der Waals surface area contributed by atoms with E-state index in [9.17, 15) is 13.4 Å². The molecule has 6 heteroatoms. The lowest BCUT2D eigenvalue weighted by molar-refractivity contribution is -0.120. The summed E-state index contributed by atoms with van der Waals surface area (Å²) < 4.78 is 25.8. The first-order chi connectivity index (χ1) is 9.47. The molecule has 1 rings (SSSR count). The summed E-state index contributed by atoms with van der Waals surface area (Å²) in [5.41, 5.74) is 5.70. The van der Waals surface area contributed by atoms with E-state index in [-0.39, 0.29) is 16.5 Å². The fourth-order valence-electron chi connectivity index (χ4n) is 1.70. The Morgan fingerprint density at radius 1 is 1.45 bits per heavy atom. The van der Waals surface area contributed by atoms with Crippen molar-refractivity contribution in [3.05, 3.63) is 24.0 Å². The highest BCUT2D eigenvalue weighted by atomic mass is 32.2. The Hall–Kier alpha value is -1.43. The number of halogens is 1. The SMILES string of the molecule is CCCCCNC(=O)C(C)S(=O)c1ccc(N)cc1F. The smallest absolute Gasteiger partial charge is 0.235 e. The lowest BCUT2D eigenvalue weighted by Gasteiger charge is -2.12. The lowest BCUT2D eigenvalue weighted by Crippen LogP contribution is -2.36. The largest absolute Gasteiger partial charge is 0.399 e. The third kappa shape index (κ3) is 4.59. The quantitative estimate of drug-likeness (QED) is 0.599. The van der Waals surface area contributed by atoms with Gasteiger partial charge in [-0.05, 0) is 31.5 Å². The van der Waals surface area contributed by atoms with E-state index in [0.717, 1.165) is 25.3 Å². The van der Waals surface area contributed by atoms with Crippen LogP contribution >= 0.6 is 0 Å². The van der Waals surface area contributed by atoms with Gasteiger partial charge >= 0.3 is 0 Å². The Bertz CT molecular complexity index is 494. The van der Waals surface area contributed by atoms with Crippen LogP contribution in [0.5, 0.6) is 0 Å². The lowest BCUT2D eigenvalue weighted by atomic mass is 10.2. The normalized spacial score (nSPS) is 13.8. The first-order valence-corrected chi connectivity index (χ1v) is 7.92. The number of carbonyl (C=O) groups excluding carboxylic acids is 1. The first kappa shape index (κ1) is 16.6. The van der Waals surface area contributed by atoms with Gasteiger partial charge in [-0.2, -0.15) is 0 Å². The Balaban J connectivity index is 2.64. The Labute approximate surface area is 121 Å². The van der Waals surface area contributed by atoms with Gasteiger partial charge < -0.3 is 11.1 Å². The average molecular weight is 300 g/mol. The molecular weight excluding hydrogens is 279 g/mol. The maximum Gasteiger partial charge on any atom is 0.235 e. The zero-order valence-electron chi connectivity index (χ0n) is 11.8. The Morgan fingerprint density at radius 2 is 2.15 bits per heavy atom. The van der Waals surface area contributed by atoms with Crippen LogP contribution in [0, 0.1) is 5.82 Å². The number of rotatable bonds is 7. The summed E-state index contributed by atoms with van der Waals surface area (Å²) >= 11 is 0. The van der Waals surface area contributed by atoms with Crippen molar-refractivity contribution >= 4 is 22.4 Å². The van der Waals surface area contributed by atoms with E-state index < -0.39 is 21.9 Å². The number of carbonyl (C=O) groups is 1. The summed E-state index contributed by atoms with van der Waals surface area (Å²) in [7, 11) is -1.73. The van der Waals surface area contributed by atoms with Crippen molar-refractivity contribution in [1.29, 1.82) is 0 Å². The minimum atomic E-state index is -1.73. The predicted molar refractivity (Wildman–Crippen MR) is 79.2 cm³/mol. The van der Waals surface area contributed by atoms with Crippen LogP contribution in [0.4, 0.5) is 10.1 Å². The maximum absolute atomic E-state index is 13.7. The van der Waals surface area contributed by atoms with Gasteiger partial charge in [-0.25, -0.2) is 4.39 Å². The number of unbranched alkanes of at least 4 members (excludes halogenated alkanes) is 2. The highest BCUT2D eigenvalue weighted by Crippen LogP contribution is 2.18. The molecule has 0 radical (unpaired) electrons. The van der Waals surface area contributed by atoms with Gasteiger partial charge in [-0.1, -0.05) is 19.8 Å². The number of nitrogen functional groups attached to an aromatic ring is 1. The van der Waals surface area contributed by atoms with Gasteiger partial charge in [0.05, 0.1) is 15.7 Å². The molecule has 0 aliphatic rings. The fourth-order valence-corrected chi connectivity index (χ4v) is 2.81. The molecule has 0 saturated heterocycles. The minimum absolute atomic E-state index is 0.00964. The Kier molecular flexibility index (Phi) is 6.64. The summed E-state index contributed by atoms with van der Waals surface area (Å²) in [6.07, 6.45) is 2.98. The molecule has 2 atom stereocenters. The minimum Gasteiger partial charge on any atom is -0.399 e. The van der Waals surface area contributed by atoms with Gasteiger partial charge in [-0.15, -0.1) is 0 Å². The number of hydrogen-bond acceptors (Lipinski definition) is 3. The number of benzene rings is 1. The molecular formula is C14H21FN2O2S. The van der Waals surface area contributed by atoms with Crippen LogP contribution in [0.2, 0.25) is 0 Å². The number of nitrogens with one attached hydrogen (secondary N) is 1. The second-order valence-electron chi connectivity index (χ2n) is 4.63. The van der Waals surface area contributed by atoms with Gasteiger partial charge in [0.2, 0.25) is 5.91 Å². The van der Waals surface area contributed by atoms with E-state index in [1.165, 1.54) is 19.1 Å². The van der Waals surface area contributed by atoms with Crippen LogP contribution < -0.4 is 11.1 Å². The van der Waals surface area contributed by atoms with E-state index in [0.29, 0.717) is 6.54 Å². The van der Waals surface area contributed by atoms with Gasteiger partial charge in [-0.3, -0.25) is 9.00 Å². The van der Waals surface area contributed by atoms with Gasteiger partial charge in [0.25, 0.3) is 0 Å². The maximum atomic E-state index is 13.7. The summed E-state index contributed by atoms with van der Waals surface area (Å²) in [5, 5.41) is 1.92. The monoisotopic (exact) mass is 300 g/mol. The van der Waals surface area contributed by atoms with E-state index in [4.69, 9.17) is 5.73 Å². The number of anilines is 1. The van der Waals surface area contributed by atoms with Crippen molar-refractivity contribution in [2.24, 2.45) is 0 Å². The summed E-state index contributed by atoms with van der Waals surface area (Å²) in [6.45, 7) is 4.16. The van der Waals surface area contributed by atoms with Crippen molar-refractivity contribution in [2.45, 2.75) is 43.3 Å². The average Bonchev–Trinajstić information content (AvgIpc) is 2.42. The third-order valence-corrected chi connectivity index (χ3v) is 4.56. The molecule has 0 fully saturated rings. The molecule has 0 bridgehead atoms. The van der Waals surface area contributed by atoms with Crippen LogP contribution in [0.25, 0.3) is 0 Å². The molecule has 20 heavy (non-hydrogen) atoms. The number of hydrogen-bond donors (Lipinski definition) is 2. The molecule has 4 nitrogen and oxygen atoms in total. The number of amides is 1. The van der Waals surface area contributed by atoms with Crippen molar-refractivity contribution < 1.29 is 13.4 Å². The van der Waals surface area contributed by atoms with Crippen molar-refractivity contribution in [2.75, 3.05) is 12.3 Å². The van der Waals surface area contributed by atoms with E-state index >= 15 is 0 Å². The molecule has 1 aromatic rings. The van der Waals surface area contributed by atoms with Crippen LogP contribution in [0.3, 0.4) is 0 Å². The van der Waals surface area contributed by atoms with E-state index in [1.54, 1.807) is 0 Å². The number of nitrogens with two attached hydrogens (primary N) is 1. The van der Waals surface area contributed by atoms with Crippen molar-refractivity contribution in [3.8, 4) is 0 Å². The molecule has 2 unspecified atom stereocenters. The summed E-state index contributed by atoms with van der Waals surface area (Å²) in [6, 6.07) is 3.95. The molecule has 0 heterocycles. The van der Waals surface area contributed by atoms with Gasteiger partial charge in [0, 0.05) is 12.2 Å². The molecule has 0 saturated carbocycles. The second-order valence-corrected chi connectivity index (χ2v) is 6.37. The second kappa shape index (κ2) is 7.99. The molecule has 0 aliphatic heterocycles. The van der Waals surface area contributed by atoms with Crippen LogP contribution in [-0.4, -0.2) is 21.9 Å². The molecule has 0 aromatic heterocycles. The topological polar surface area (TPSA) is 72.2 Å². The molecule has 1 aromatic carbocycles. The van der Waals surface area contributed by atoms with Crippen molar-refractivity contribution in [3.63, 3.8) is 0 Å². The zero-order chi connectivity index (χ0) is 15.1.